The fraction of sp³-hybridized carbons (Fsp3) is 0.579. The van der Waals surface area contributed by atoms with E-state index in [1.807, 2.05) is 26.8 Å². The van der Waals surface area contributed by atoms with Crippen LogP contribution >= 0.6 is 22.7 Å². The van der Waals surface area contributed by atoms with E-state index in [2.05, 4.69) is 21.4 Å². The first-order chi connectivity index (χ1) is 12.5. The number of hydrogen-bond donors (Lipinski definition) is 1. The van der Waals surface area contributed by atoms with Crippen molar-refractivity contribution < 1.29 is 4.79 Å². The van der Waals surface area contributed by atoms with Crippen molar-refractivity contribution in [3.63, 3.8) is 0 Å². The summed E-state index contributed by atoms with van der Waals surface area (Å²) in [6.07, 6.45) is 5.17. The van der Waals surface area contributed by atoms with Crippen LogP contribution in [-0.2, 0) is 4.79 Å². The van der Waals surface area contributed by atoms with E-state index in [4.69, 9.17) is 0 Å². The van der Waals surface area contributed by atoms with Crippen molar-refractivity contribution in [2.24, 2.45) is 11.8 Å². The van der Waals surface area contributed by atoms with Gasteiger partial charge in [0.25, 0.3) is 0 Å². The van der Waals surface area contributed by atoms with Crippen LogP contribution in [0.4, 0.5) is 0 Å². The van der Waals surface area contributed by atoms with E-state index < -0.39 is 0 Å². The van der Waals surface area contributed by atoms with Gasteiger partial charge in [0, 0.05) is 17.3 Å². The van der Waals surface area contributed by atoms with Gasteiger partial charge in [0.15, 0.2) is 5.16 Å². The summed E-state index contributed by atoms with van der Waals surface area (Å²) in [4.78, 5) is 23.9. The minimum Gasteiger partial charge on any atom is -0.319 e. The second kappa shape index (κ2) is 8.36. The first-order valence-electron chi connectivity index (χ1n) is 9.11. The van der Waals surface area contributed by atoms with E-state index in [0.29, 0.717) is 17.5 Å². The van der Waals surface area contributed by atoms with Crippen LogP contribution in [-0.4, -0.2) is 31.0 Å². The highest BCUT2D eigenvalue weighted by molar-refractivity contribution is 8.00. The number of aryl methyl sites for hydroxylation is 2. The lowest BCUT2D eigenvalue weighted by Crippen LogP contribution is -2.40. The number of nitrogens with zero attached hydrogens (tertiary/aromatic N) is 3. The monoisotopic (exact) mass is 388 g/mol. The fourth-order valence-corrected chi connectivity index (χ4v) is 5.94. The molecule has 3 rings (SSSR count). The topological polar surface area (TPSA) is 78.7 Å². The van der Waals surface area contributed by atoms with Crippen LogP contribution in [0.5, 0.6) is 0 Å². The van der Waals surface area contributed by atoms with Crippen LogP contribution in [0.1, 0.15) is 50.4 Å². The third-order valence-corrected chi connectivity index (χ3v) is 7.36. The van der Waals surface area contributed by atoms with Crippen molar-refractivity contribution >= 4 is 38.5 Å². The second-order valence-electron chi connectivity index (χ2n) is 6.83. The molecule has 0 radical (unpaired) electrons. The van der Waals surface area contributed by atoms with Gasteiger partial charge in [-0.1, -0.05) is 25.1 Å². The summed E-state index contributed by atoms with van der Waals surface area (Å²) in [5, 5.41) is 13.0. The maximum atomic E-state index is 12.8. The Morgan fingerprint density at radius 3 is 2.81 bits per heavy atom. The Balaban J connectivity index is 1.73. The zero-order valence-electron chi connectivity index (χ0n) is 15.4. The van der Waals surface area contributed by atoms with Crippen LogP contribution in [0.25, 0.3) is 0 Å². The standard InChI is InChI=1S/C19H24N4OS2/c1-4-15(26-19-21-11(2)9-12(3)22-19)17(24)23-18-14(10-20)13-7-5-6-8-16(13)25-18/h9,13-15H,4-8H2,1-3H3,(H,23,24)/t13?,14-,15+/m0/s1. The van der Waals surface area contributed by atoms with Gasteiger partial charge in [0.05, 0.1) is 16.3 Å². The van der Waals surface area contributed by atoms with Gasteiger partial charge >= 0.3 is 0 Å². The number of nitrogens with one attached hydrogen (secondary N) is 1. The van der Waals surface area contributed by atoms with Gasteiger partial charge in [0.1, 0.15) is 5.92 Å². The van der Waals surface area contributed by atoms with E-state index >= 15 is 0 Å². The summed E-state index contributed by atoms with van der Waals surface area (Å²) in [5.41, 5.74) is 1.81. The number of aromatic nitrogens is 2. The molecule has 1 unspecified atom stereocenters. The molecule has 0 aromatic carbocycles. The zero-order chi connectivity index (χ0) is 18.7. The molecule has 0 saturated heterocycles. The van der Waals surface area contributed by atoms with Crippen molar-refractivity contribution in [1.29, 1.82) is 5.26 Å². The smallest absolute Gasteiger partial charge is 0.238 e. The second-order valence-corrected chi connectivity index (χ2v) is 9.17. The molecule has 1 N–H and O–H groups in total. The highest BCUT2D eigenvalue weighted by atomic mass is 32.2. The SMILES string of the molecule is CC[C@@H](Sc1nc(C)cc(C)n1)C(=O)NC1=S=C2CCCCC2[C@@H]1C#N. The zero-order valence-corrected chi connectivity index (χ0v) is 17.0. The van der Waals surface area contributed by atoms with Gasteiger partial charge in [-0.25, -0.2) is 9.97 Å². The van der Waals surface area contributed by atoms with Crippen molar-refractivity contribution in [1.82, 2.24) is 15.3 Å². The number of carbonyl (C=O) groups is 1. The molecule has 0 spiro atoms. The fourth-order valence-electron chi connectivity index (χ4n) is 3.53. The molecule has 7 heteroatoms. The quantitative estimate of drug-likeness (QED) is 0.485. The Kier molecular flexibility index (Phi) is 6.15. The normalized spacial score (nSPS) is 23.0. The molecular formula is C19H24N4OS2. The molecule has 3 atom stereocenters. The van der Waals surface area contributed by atoms with Crippen LogP contribution < -0.4 is 5.32 Å². The number of rotatable bonds is 4. The molecule has 26 heavy (non-hydrogen) atoms. The predicted molar refractivity (Wildman–Crippen MR) is 108 cm³/mol. The van der Waals surface area contributed by atoms with Crippen LogP contribution in [0.2, 0.25) is 0 Å². The Morgan fingerprint density at radius 2 is 2.15 bits per heavy atom. The maximum Gasteiger partial charge on any atom is 0.238 e. The van der Waals surface area contributed by atoms with Gasteiger partial charge in [-0.15, -0.1) is 10.9 Å². The van der Waals surface area contributed by atoms with Crippen LogP contribution in [0.15, 0.2) is 11.2 Å². The van der Waals surface area contributed by atoms with Crippen molar-refractivity contribution in [2.75, 3.05) is 0 Å². The molecule has 1 aromatic heterocycles. The molecule has 1 fully saturated rings. The van der Waals surface area contributed by atoms with Gasteiger partial charge < -0.3 is 5.32 Å². The summed E-state index contributed by atoms with van der Waals surface area (Å²) < 4.78 is 0. The average molecular weight is 389 g/mol. The van der Waals surface area contributed by atoms with Gasteiger partial charge in [0.2, 0.25) is 5.91 Å². The molecule has 1 amide bonds. The average Bonchev–Trinajstić information content (AvgIpc) is 2.95. The minimum absolute atomic E-state index is 0.0535. The number of carbonyl (C=O) groups excluding carboxylic acids is 1. The third-order valence-electron chi connectivity index (χ3n) is 4.79. The molecule has 5 nitrogen and oxygen atoms in total. The molecule has 2 aliphatic rings. The first kappa shape index (κ1) is 19.1. The lowest BCUT2D eigenvalue weighted by atomic mass is 9.80. The van der Waals surface area contributed by atoms with Gasteiger partial charge in [-0.2, -0.15) is 5.26 Å². The predicted octanol–water partition coefficient (Wildman–Crippen LogP) is 3.46. The molecule has 0 bridgehead atoms. The summed E-state index contributed by atoms with van der Waals surface area (Å²) in [7, 11) is 1.63. The number of nitriles is 1. The molecule has 1 saturated carbocycles. The largest absolute Gasteiger partial charge is 0.319 e. The minimum atomic E-state index is -0.267. The van der Waals surface area contributed by atoms with E-state index in [1.165, 1.54) is 29.5 Å². The Bertz CT molecular complexity index is 803. The van der Waals surface area contributed by atoms with Crippen molar-refractivity contribution in [2.45, 2.75) is 63.3 Å². The molecule has 1 aromatic rings. The number of fused-ring (bicyclic) bond motifs is 1. The number of hydrogen-bond acceptors (Lipinski definition) is 5. The van der Waals surface area contributed by atoms with E-state index in [-0.39, 0.29) is 17.1 Å². The Hall–Kier alpha value is -1.65. The summed E-state index contributed by atoms with van der Waals surface area (Å²) in [5.74, 6) is 0.0611. The first-order valence-corrected chi connectivity index (χ1v) is 10.8. The number of amides is 1. The Labute approximate surface area is 162 Å². The van der Waals surface area contributed by atoms with E-state index in [9.17, 15) is 10.1 Å². The van der Waals surface area contributed by atoms with Gasteiger partial charge in [-0.3, -0.25) is 4.79 Å². The molecule has 1 aliphatic carbocycles. The maximum absolute atomic E-state index is 12.8. The Morgan fingerprint density at radius 1 is 1.42 bits per heavy atom. The van der Waals surface area contributed by atoms with Crippen LogP contribution in [0.3, 0.4) is 0 Å². The van der Waals surface area contributed by atoms with E-state index in [1.54, 1.807) is 10.9 Å². The summed E-state index contributed by atoms with van der Waals surface area (Å²) in [6, 6.07) is 4.34. The molecule has 2 heterocycles. The molecular weight excluding hydrogens is 364 g/mol. The lowest BCUT2D eigenvalue weighted by Gasteiger charge is -2.23. The highest BCUT2D eigenvalue weighted by Gasteiger charge is 2.36. The summed E-state index contributed by atoms with van der Waals surface area (Å²) >= 11 is 1.40. The third kappa shape index (κ3) is 4.18. The van der Waals surface area contributed by atoms with E-state index in [0.717, 1.165) is 29.2 Å². The highest BCUT2D eigenvalue weighted by Crippen LogP contribution is 2.34. The summed E-state index contributed by atoms with van der Waals surface area (Å²) in [6.45, 7) is 5.85. The van der Waals surface area contributed by atoms with Crippen molar-refractivity contribution in [3.05, 3.63) is 17.5 Å². The lowest BCUT2D eigenvalue weighted by molar-refractivity contribution is -0.119. The van der Waals surface area contributed by atoms with Crippen LogP contribution in [0, 0.1) is 37.0 Å². The van der Waals surface area contributed by atoms with Crippen molar-refractivity contribution in [3.8, 4) is 6.07 Å². The number of thioether (sulfide) groups is 1. The van der Waals surface area contributed by atoms with Gasteiger partial charge in [-0.05, 0) is 50.5 Å². The molecule has 138 valence electrons. The molecule has 1 aliphatic heterocycles.